The van der Waals surface area contributed by atoms with E-state index in [2.05, 4.69) is 15.1 Å². The average molecular weight is 293 g/mol. The van der Waals surface area contributed by atoms with E-state index in [9.17, 15) is 4.79 Å². The molecular formula is C14H23N5O2. The van der Waals surface area contributed by atoms with Crippen molar-refractivity contribution in [2.24, 2.45) is 12.5 Å². The molecule has 0 bridgehead atoms. The zero-order valence-electron chi connectivity index (χ0n) is 12.5. The first-order valence-corrected chi connectivity index (χ1v) is 7.60. The highest BCUT2D eigenvalue weighted by Crippen LogP contribution is 2.40. The van der Waals surface area contributed by atoms with Crippen molar-refractivity contribution in [3.05, 3.63) is 12.2 Å². The van der Waals surface area contributed by atoms with Gasteiger partial charge < -0.3 is 14.6 Å². The summed E-state index contributed by atoms with van der Waals surface area (Å²) in [7, 11) is 1.94. The van der Waals surface area contributed by atoms with E-state index in [1.54, 1.807) is 6.33 Å². The van der Waals surface area contributed by atoms with Crippen LogP contribution in [0.15, 0.2) is 6.33 Å². The van der Waals surface area contributed by atoms with Crippen molar-refractivity contribution < 1.29 is 9.90 Å². The van der Waals surface area contributed by atoms with Crippen molar-refractivity contribution in [3.8, 4) is 0 Å². The van der Waals surface area contributed by atoms with Crippen LogP contribution in [0.2, 0.25) is 0 Å². The third kappa shape index (κ3) is 2.67. The molecule has 21 heavy (non-hydrogen) atoms. The number of hydrogen-bond donors (Lipinski definition) is 1. The summed E-state index contributed by atoms with van der Waals surface area (Å²) in [5.74, 6) is 1.16. The van der Waals surface area contributed by atoms with E-state index in [0.717, 1.165) is 51.3 Å². The van der Waals surface area contributed by atoms with E-state index in [1.165, 1.54) is 0 Å². The van der Waals surface area contributed by atoms with E-state index < -0.39 is 0 Å². The molecule has 116 valence electrons. The summed E-state index contributed by atoms with van der Waals surface area (Å²) in [6.07, 6.45) is 4.61. The maximum Gasteiger partial charge on any atom is 0.230 e. The number of aliphatic hydroxyl groups excluding tert-OH is 1. The zero-order chi connectivity index (χ0) is 14.9. The van der Waals surface area contributed by atoms with Crippen molar-refractivity contribution in [2.75, 3.05) is 32.8 Å². The van der Waals surface area contributed by atoms with Crippen LogP contribution in [0.5, 0.6) is 0 Å². The minimum absolute atomic E-state index is 0.0461. The fraction of sp³-hybridized carbons (Fsp3) is 0.786. The molecule has 1 N–H and O–H groups in total. The van der Waals surface area contributed by atoms with Gasteiger partial charge in [0.1, 0.15) is 12.2 Å². The maximum atomic E-state index is 12.7. The van der Waals surface area contributed by atoms with E-state index >= 15 is 0 Å². The lowest BCUT2D eigenvalue weighted by Gasteiger charge is -2.39. The molecule has 2 aliphatic rings. The second-order valence-electron chi connectivity index (χ2n) is 6.22. The summed E-state index contributed by atoms with van der Waals surface area (Å²) in [5, 5.41) is 17.1. The molecule has 1 spiro atoms. The van der Waals surface area contributed by atoms with E-state index in [0.29, 0.717) is 6.54 Å². The Balaban J connectivity index is 1.67. The summed E-state index contributed by atoms with van der Waals surface area (Å²) in [6, 6.07) is 0. The maximum absolute atomic E-state index is 12.7. The van der Waals surface area contributed by atoms with Gasteiger partial charge in [-0.25, -0.2) is 0 Å². The van der Waals surface area contributed by atoms with Crippen LogP contribution in [0.25, 0.3) is 0 Å². The molecule has 1 amide bonds. The number of aromatic nitrogens is 3. The summed E-state index contributed by atoms with van der Waals surface area (Å²) in [4.78, 5) is 16.8. The second kappa shape index (κ2) is 5.73. The molecule has 0 aromatic carbocycles. The first-order valence-electron chi connectivity index (χ1n) is 7.60. The number of β-amino-alcohol motifs (C(OH)–C–C–N with tert-alkyl or cyclic N) is 1. The molecule has 0 aliphatic carbocycles. The number of nitrogens with zero attached hydrogens (tertiary/aromatic N) is 5. The van der Waals surface area contributed by atoms with Crippen molar-refractivity contribution in [2.45, 2.75) is 25.8 Å². The van der Waals surface area contributed by atoms with Gasteiger partial charge in [-0.1, -0.05) is 0 Å². The molecule has 0 radical (unpaired) electrons. The monoisotopic (exact) mass is 293 g/mol. The molecule has 7 nitrogen and oxygen atoms in total. The van der Waals surface area contributed by atoms with Crippen LogP contribution in [0.3, 0.4) is 0 Å². The van der Waals surface area contributed by atoms with Crippen LogP contribution in [-0.2, 0) is 18.4 Å². The number of carbonyl (C=O) groups is 1. The Morgan fingerprint density at radius 2 is 2.24 bits per heavy atom. The number of amides is 1. The van der Waals surface area contributed by atoms with E-state index in [4.69, 9.17) is 5.11 Å². The van der Waals surface area contributed by atoms with Gasteiger partial charge in [0.25, 0.3) is 0 Å². The van der Waals surface area contributed by atoms with E-state index in [1.807, 2.05) is 16.5 Å². The first-order chi connectivity index (χ1) is 10.1. The summed E-state index contributed by atoms with van der Waals surface area (Å²) < 4.78 is 1.92. The average Bonchev–Trinajstić information content (AvgIpc) is 3.05. The summed E-state index contributed by atoms with van der Waals surface area (Å²) >= 11 is 0. The lowest BCUT2D eigenvalue weighted by Crippen LogP contribution is -2.50. The molecule has 0 unspecified atom stereocenters. The van der Waals surface area contributed by atoms with Crippen molar-refractivity contribution in [1.29, 1.82) is 0 Å². The minimum Gasteiger partial charge on any atom is -0.395 e. The fourth-order valence-corrected chi connectivity index (χ4v) is 3.61. The quantitative estimate of drug-likeness (QED) is 0.819. The number of aliphatic hydroxyl groups is 1. The third-order valence-corrected chi connectivity index (χ3v) is 4.80. The highest BCUT2D eigenvalue weighted by Gasteiger charge is 2.48. The van der Waals surface area contributed by atoms with Crippen LogP contribution in [0.1, 0.15) is 25.1 Å². The zero-order valence-corrected chi connectivity index (χ0v) is 12.5. The molecule has 2 saturated heterocycles. The van der Waals surface area contributed by atoms with Crippen molar-refractivity contribution >= 4 is 5.91 Å². The van der Waals surface area contributed by atoms with Crippen LogP contribution in [0.4, 0.5) is 0 Å². The van der Waals surface area contributed by atoms with Gasteiger partial charge in [-0.2, -0.15) is 0 Å². The highest BCUT2D eigenvalue weighted by atomic mass is 16.3. The lowest BCUT2D eigenvalue weighted by atomic mass is 9.78. The van der Waals surface area contributed by atoms with Gasteiger partial charge in [-0.05, 0) is 25.8 Å². The molecule has 2 aliphatic heterocycles. The molecule has 1 atom stereocenters. The molecule has 7 heteroatoms. The van der Waals surface area contributed by atoms with Crippen LogP contribution >= 0.6 is 0 Å². The van der Waals surface area contributed by atoms with E-state index in [-0.39, 0.29) is 17.9 Å². The summed E-state index contributed by atoms with van der Waals surface area (Å²) in [5.41, 5.74) is -0.244. The number of rotatable bonds is 4. The molecule has 0 saturated carbocycles. The van der Waals surface area contributed by atoms with Gasteiger partial charge in [0.15, 0.2) is 0 Å². The number of carbonyl (C=O) groups excluding carboxylic acids is 1. The number of likely N-dealkylation sites (tertiary alicyclic amines) is 2. The Kier molecular flexibility index (Phi) is 3.95. The Labute approximate surface area is 124 Å². The van der Waals surface area contributed by atoms with Crippen LogP contribution in [0, 0.1) is 5.41 Å². The Morgan fingerprint density at radius 3 is 2.95 bits per heavy atom. The Hall–Kier alpha value is -1.47. The van der Waals surface area contributed by atoms with Crippen LogP contribution in [-0.4, -0.2) is 68.4 Å². The Morgan fingerprint density at radius 1 is 1.38 bits per heavy atom. The number of aryl methyl sites for hydroxylation is 1. The standard InChI is InChI=1S/C14H23N5O2/c1-17-11-15-16-12(17)9-18-6-4-14(10-18)3-2-5-19(7-8-20)13(14)21/h11,20H,2-10H2,1H3/t14-/m1/s1. The fourth-order valence-electron chi connectivity index (χ4n) is 3.61. The molecular weight excluding hydrogens is 270 g/mol. The second-order valence-corrected chi connectivity index (χ2v) is 6.22. The van der Waals surface area contributed by atoms with Gasteiger partial charge >= 0.3 is 0 Å². The predicted molar refractivity (Wildman–Crippen MR) is 76.2 cm³/mol. The summed E-state index contributed by atoms with van der Waals surface area (Å²) in [6.45, 7) is 3.75. The van der Waals surface area contributed by atoms with Gasteiger partial charge in [0.2, 0.25) is 5.91 Å². The van der Waals surface area contributed by atoms with Gasteiger partial charge in [0, 0.05) is 26.7 Å². The van der Waals surface area contributed by atoms with Crippen molar-refractivity contribution in [1.82, 2.24) is 24.6 Å². The number of hydrogen-bond acceptors (Lipinski definition) is 5. The predicted octanol–water partition coefficient (Wildman–Crippen LogP) is -0.378. The molecule has 1 aromatic rings. The first kappa shape index (κ1) is 14.5. The Bertz CT molecular complexity index is 515. The largest absolute Gasteiger partial charge is 0.395 e. The van der Waals surface area contributed by atoms with Crippen LogP contribution < -0.4 is 0 Å². The lowest BCUT2D eigenvalue weighted by molar-refractivity contribution is -0.146. The molecule has 1 aromatic heterocycles. The smallest absolute Gasteiger partial charge is 0.230 e. The highest BCUT2D eigenvalue weighted by molar-refractivity contribution is 5.84. The normalized spacial score (nSPS) is 27.0. The number of piperidine rings is 1. The third-order valence-electron chi connectivity index (χ3n) is 4.80. The van der Waals surface area contributed by atoms with Crippen molar-refractivity contribution in [3.63, 3.8) is 0 Å². The topological polar surface area (TPSA) is 74.5 Å². The SMILES string of the molecule is Cn1cnnc1CN1CC[C@]2(CCCN(CCO)C2=O)C1. The molecule has 3 heterocycles. The van der Waals surface area contributed by atoms with Gasteiger partial charge in [-0.15, -0.1) is 10.2 Å². The van der Waals surface area contributed by atoms with Gasteiger partial charge in [-0.3, -0.25) is 9.69 Å². The molecule has 3 rings (SSSR count). The minimum atomic E-state index is -0.244. The molecule has 2 fully saturated rings. The van der Waals surface area contributed by atoms with Gasteiger partial charge in [0.05, 0.1) is 18.6 Å².